The van der Waals surface area contributed by atoms with E-state index in [-0.39, 0.29) is 0 Å². The first-order chi connectivity index (χ1) is 13.4. The molecule has 0 radical (unpaired) electrons. The van der Waals surface area contributed by atoms with Gasteiger partial charge in [-0.25, -0.2) is 4.98 Å². The number of aromatic nitrogens is 4. The maximum absolute atomic E-state index is 4.59. The topological polar surface area (TPSA) is 43.1 Å². The van der Waals surface area contributed by atoms with Gasteiger partial charge < -0.3 is 0 Å². The molecule has 0 aliphatic rings. The molecular formula is C22H18N4S. The van der Waals surface area contributed by atoms with E-state index in [0.717, 1.165) is 22.2 Å². The fraction of sp³-hybridized carbons (Fsp3) is 0.0455. The summed E-state index contributed by atoms with van der Waals surface area (Å²) in [7, 11) is 0. The van der Waals surface area contributed by atoms with Gasteiger partial charge in [-0.2, -0.15) is 9.50 Å². The molecule has 0 unspecified atom stereocenters. The van der Waals surface area contributed by atoms with Crippen LogP contribution in [-0.2, 0) is 0 Å². The van der Waals surface area contributed by atoms with Crippen molar-refractivity contribution in [1.29, 1.82) is 0 Å². The van der Waals surface area contributed by atoms with Crippen molar-refractivity contribution in [3.63, 3.8) is 0 Å². The van der Waals surface area contributed by atoms with Crippen LogP contribution in [0.3, 0.4) is 0 Å². The maximum Gasteiger partial charge on any atom is 0.253 e. The standard InChI is InChI=1S/C22H18N4S/c1-3-8-18(9-4-1)12-7-17-27-22-24-21-23-16-15-20(26(21)25-22)14-13-19-10-5-2-6-11-19/h1-16H,17H2. The van der Waals surface area contributed by atoms with Gasteiger partial charge in [0.1, 0.15) is 0 Å². The van der Waals surface area contributed by atoms with Crippen LogP contribution >= 0.6 is 11.8 Å². The Morgan fingerprint density at radius 3 is 2.26 bits per heavy atom. The molecule has 4 nitrogen and oxygen atoms in total. The lowest BCUT2D eigenvalue weighted by atomic mass is 10.2. The van der Waals surface area contributed by atoms with Gasteiger partial charge in [0.05, 0.1) is 5.69 Å². The largest absolute Gasteiger partial charge is 0.253 e. The van der Waals surface area contributed by atoms with Crippen LogP contribution in [-0.4, -0.2) is 25.3 Å². The molecule has 0 aliphatic carbocycles. The third kappa shape index (κ3) is 4.51. The molecule has 0 spiro atoms. The zero-order valence-corrected chi connectivity index (χ0v) is 15.5. The monoisotopic (exact) mass is 370 g/mol. The molecule has 0 N–H and O–H groups in total. The van der Waals surface area contributed by atoms with Gasteiger partial charge in [-0.1, -0.05) is 90.7 Å². The molecule has 0 atom stereocenters. The fourth-order valence-corrected chi connectivity index (χ4v) is 3.22. The first-order valence-electron chi connectivity index (χ1n) is 8.68. The molecule has 0 aliphatic heterocycles. The second-order valence-corrected chi connectivity index (χ2v) is 6.83. The average molecular weight is 370 g/mol. The second kappa shape index (κ2) is 8.47. The SMILES string of the molecule is C(=Cc1ccccc1)CSc1nc2nccc(C=Cc3ccccc3)n2n1. The summed E-state index contributed by atoms with van der Waals surface area (Å²) in [5, 5.41) is 5.31. The van der Waals surface area contributed by atoms with E-state index in [1.807, 2.05) is 48.5 Å². The van der Waals surface area contributed by atoms with Crippen molar-refractivity contribution in [3.8, 4) is 0 Å². The summed E-state index contributed by atoms with van der Waals surface area (Å²) < 4.78 is 1.78. The van der Waals surface area contributed by atoms with Crippen LogP contribution in [0.4, 0.5) is 0 Å². The van der Waals surface area contributed by atoms with Crippen molar-refractivity contribution in [1.82, 2.24) is 19.6 Å². The zero-order chi connectivity index (χ0) is 18.3. The highest BCUT2D eigenvalue weighted by Crippen LogP contribution is 2.16. The summed E-state index contributed by atoms with van der Waals surface area (Å²) in [6, 6.07) is 22.4. The van der Waals surface area contributed by atoms with Crippen molar-refractivity contribution in [2.24, 2.45) is 0 Å². The Hall–Kier alpha value is -3.18. The van der Waals surface area contributed by atoms with Crippen molar-refractivity contribution in [2.75, 3.05) is 5.75 Å². The predicted octanol–water partition coefficient (Wildman–Crippen LogP) is 5.10. The Balaban J connectivity index is 1.47. The van der Waals surface area contributed by atoms with Crippen LogP contribution < -0.4 is 0 Å². The predicted molar refractivity (Wildman–Crippen MR) is 112 cm³/mol. The Morgan fingerprint density at radius 1 is 0.815 bits per heavy atom. The summed E-state index contributed by atoms with van der Waals surface area (Å²) in [4.78, 5) is 8.83. The Labute approximate surface area is 162 Å². The number of nitrogens with zero attached hydrogens (tertiary/aromatic N) is 4. The molecule has 0 amide bonds. The first kappa shape index (κ1) is 17.2. The van der Waals surface area contributed by atoms with Crippen molar-refractivity contribution in [2.45, 2.75) is 5.16 Å². The van der Waals surface area contributed by atoms with Crippen molar-refractivity contribution in [3.05, 3.63) is 95.8 Å². The molecule has 0 bridgehead atoms. The molecule has 0 saturated carbocycles. The average Bonchev–Trinajstić information content (AvgIpc) is 3.15. The highest BCUT2D eigenvalue weighted by molar-refractivity contribution is 7.99. The molecule has 4 rings (SSSR count). The quantitative estimate of drug-likeness (QED) is 0.443. The van der Waals surface area contributed by atoms with E-state index in [1.165, 1.54) is 5.56 Å². The molecule has 5 heteroatoms. The van der Waals surface area contributed by atoms with E-state index >= 15 is 0 Å². The molecule has 4 aromatic rings. The third-order valence-electron chi connectivity index (χ3n) is 3.92. The summed E-state index contributed by atoms with van der Waals surface area (Å²) in [6.07, 6.45) is 10.1. The van der Waals surface area contributed by atoms with Gasteiger partial charge in [0.25, 0.3) is 5.78 Å². The van der Waals surface area contributed by atoms with Crippen LogP contribution in [0.15, 0.2) is 84.2 Å². The van der Waals surface area contributed by atoms with Gasteiger partial charge in [-0.15, -0.1) is 5.10 Å². The Kier molecular flexibility index (Phi) is 5.41. The molecule has 132 valence electrons. The van der Waals surface area contributed by atoms with Gasteiger partial charge in [0.2, 0.25) is 5.16 Å². The maximum atomic E-state index is 4.59. The molecule has 0 saturated heterocycles. The van der Waals surface area contributed by atoms with Crippen LogP contribution in [0.1, 0.15) is 16.8 Å². The summed E-state index contributed by atoms with van der Waals surface area (Å²) in [5.74, 6) is 1.42. The lowest BCUT2D eigenvalue weighted by Gasteiger charge is -1.97. The normalized spacial score (nSPS) is 11.7. The molecule has 0 fully saturated rings. The number of thioether (sulfide) groups is 1. The minimum Gasteiger partial charge on any atom is -0.220 e. The summed E-state index contributed by atoms with van der Waals surface area (Å²) in [6.45, 7) is 0. The smallest absolute Gasteiger partial charge is 0.220 e. The van der Waals surface area contributed by atoms with Gasteiger partial charge >= 0.3 is 0 Å². The molecular weight excluding hydrogens is 352 g/mol. The van der Waals surface area contributed by atoms with E-state index < -0.39 is 0 Å². The number of hydrogen-bond donors (Lipinski definition) is 0. The van der Waals surface area contributed by atoms with Gasteiger partial charge in [0.15, 0.2) is 0 Å². The van der Waals surface area contributed by atoms with E-state index in [9.17, 15) is 0 Å². The van der Waals surface area contributed by atoms with Crippen molar-refractivity contribution >= 4 is 35.8 Å². The minimum absolute atomic E-state index is 0.611. The van der Waals surface area contributed by atoms with Crippen LogP contribution in [0, 0.1) is 0 Å². The number of fused-ring (bicyclic) bond motifs is 1. The highest BCUT2D eigenvalue weighted by Gasteiger charge is 2.06. The van der Waals surface area contributed by atoms with Crippen LogP contribution in [0.2, 0.25) is 0 Å². The summed E-state index contributed by atoms with van der Waals surface area (Å²) >= 11 is 1.59. The van der Waals surface area contributed by atoms with Crippen molar-refractivity contribution < 1.29 is 0 Å². The van der Waals surface area contributed by atoms with E-state index in [4.69, 9.17) is 0 Å². The lowest BCUT2D eigenvalue weighted by molar-refractivity contribution is 0.871. The zero-order valence-electron chi connectivity index (χ0n) is 14.6. The minimum atomic E-state index is 0.611. The van der Waals surface area contributed by atoms with Gasteiger partial charge in [-0.3, -0.25) is 0 Å². The van der Waals surface area contributed by atoms with E-state index in [2.05, 4.69) is 57.6 Å². The molecule has 27 heavy (non-hydrogen) atoms. The molecule has 2 aromatic carbocycles. The Morgan fingerprint density at radius 2 is 1.52 bits per heavy atom. The lowest BCUT2D eigenvalue weighted by Crippen LogP contribution is -1.94. The molecule has 2 aromatic heterocycles. The third-order valence-corrected chi connectivity index (χ3v) is 4.71. The number of benzene rings is 2. The van der Waals surface area contributed by atoms with Gasteiger partial charge in [-0.05, 0) is 23.3 Å². The number of hydrogen-bond acceptors (Lipinski definition) is 4. The molecule has 2 heterocycles. The van der Waals surface area contributed by atoms with Gasteiger partial charge in [0, 0.05) is 11.9 Å². The Bertz CT molecular complexity index is 1070. The summed E-state index contributed by atoms with van der Waals surface area (Å²) in [5.41, 5.74) is 3.28. The van der Waals surface area contributed by atoms with Crippen LogP contribution in [0.5, 0.6) is 0 Å². The highest BCUT2D eigenvalue weighted by atomic mass is 32.2. The first-order valence-corrected chi connectivity index (χ1v) is 9.66. The van der Waals surface area contributed by atoms with E-state index in [0.29, 0.717) is 5.78 Å². The van der Waals surface area contributed by atoms with Crippen LogP contribution in [0.25, 0.3) is 24.0 Å². The fourth-order valence-electron chi connectivity index (χ4n) is 2.60. The number of rotatable bonds is 6. The van der Waals surface area contributed by atoms with E-state index in [1.54, 1.807) is 22.5 Å². The second-order valence-electron chi connectivity index (χ2n) is 5.84.